The second kappa shape index (κ2) is 8.01. The van der Waals surface area contributed by atoms with Gasteiger partial charge >= 0.3 is 11.9 Å². The van der Waals surface area contributed by atoms with Crippen molar-refractivity contribution in [2.24, 2.45) is 0 Å². The summed E-state index contributed by atoms with van der Waals surface area (Å²) in [6, 6.07) is -1.44. The smallest absolute Gasteiger partial charge is 0.321 e. The number of nitrogens with one attached hydrogen (secondary N) is 1. The molecule has 1 unspecified atom stereocenters. The predicted octanol–water partition coefficient (Wildman–Crippen LogP) is -0.740. The van der Waals surface area contributed by atoms with Gasteiger partial charge in [-0.2, -0.15) is 0 Å². The molecule has 0 aromatic carbocycles. The van der Waals surface area contributed by atoms with Gasteiger partial charge in [0.25, 0.3) is 0 Å². The Hall–Kier alpha value is -1.19. The van der Waals surface area contributed by atoms with Gasteiger partial charge in [-0.3, -0.25) is 9.59 Å². The van der Waals surface area contributed by atoms with E-state index in [-0.39, 0.29) is 18.8 Å². The van der Waals surface area contributed by atoms with Crippen molar-refractivity contribution < 1.29 is 33.0 Å². The quantitative estimate of drug-likeness (QED) is 0.450. The first-order valence-electron chi connectivity index (χ1n) is 5.31. The largest absolute Gasteiger partial charge is 0.481 e. The molecule has 0 saturated heterocycles. The van der Waals surface area contributed by atoms with Gasteiger partial charge in [0.05, 0.1) is 12.4 Å². The molecule has 0 bridgehead atoms. The molecule has 1 atom stereocenters. The summed E-state index contributed by atoms with van der Waals surface area (Å²) >= 11 is 0. The van der Waals surface area contributed by atoms with Crippen molar-refractivity contribution in [1.82, 2.24) is 4.72 Å². The van der Waals surface area contributed by atoms with Crippen molar-refractivity contribution in [3.63, 3.8) is 0 Å². The number of carboxylic acid groups (broad SMARTS) is 2. The van der Waals surface area contributed by atoms with E-state index >= 15 is 0 Å². The van der Waals surface area contributed by atoms with Gasteiger partial charge in [-0.15, -0.1) is 0 Å². The Labute approximate surface area is 105 Å². The molecule has 8 nitrogen and oxygen atoms in total. The lowest BCUT2D eigenvalue weighted by Crippen LogP contribution is -2.42. The molecular formula is C9H17NO7S. The van der Waals surface area contributed by atoms with Gasteiger partial charge in [0.15, 0.2) is 0 Å². The number of carboxylic acids is 2. The van der Waals surface area contributed by atoms with E-state index in [1.165, 1.54) is 0 Å². The van der Waals surface area contributed by atoms with Crippen molar-refractivity contribution in [1.29, 1.82) is 0 Å². The molecule has 0 spiro atoms. The Morgan fingerprint density at radius 2 is 1.94 bits per heavy atom. The van der Waals surface area contributed by atoms with E-state index in [1.54, 1.807) is 6.92 Å². The van der Waals surface area contributed by atoms with Gasteiger partial charge in [-0.05, 0) is 13.3 Å². The molecule has 0 radical (unpaired) electrons. The average Bonchev–Trinajstić information content (AvgIpc) is 2.23. The third kappa shape index (κ3) is 7.98. The van der Waals surface area contributed by atoms with Crippen LogP contribution >= 0.6 is 0 Å². The lowest BCUT2D eigenvalue weighted by Gasteiger charge is -2.13. The van der Waals surface area contributed by atoms with E-state index in [4.69, 9.17) is 14.9 Å². The topological polar surface area (TPSA) is 130 Å². The fourth-order valence-corrected chi connectivity index (χ4v) is 2.20. The van der Waals surface area contributed by atoms with Crippen molar-refractivity contribution in [2.75, 3.05) is 19.0 Å². The first-order chi connectivity index (χ1) is 8.28. The molecule has 0 heterocycles. The van der Waals surface area contributed by atoms with Crippen molar-refractivity contribution in [3.8, 4) is 0 Å². The fourth-order valence-electron chi connectivity index (χ4n) is 1.09. The van der Waals surface area contributed by atoms with Crippen LogP contribution < -0.4 is 4.72 Å². The Balaban J connectivity index is 4.38. The standard InChI is InChI=1S/C9H17NO7S/c1-2-17-5-6-18(15,16)10-7(9(13)14)3-4-8(11)12/h7,10H,2-6H2,1H3,(H,11,12)(H,13,14). The number of hydrogen-bond donors (Lipinski definition) is 3. The summed E-state index contributed by atoms with van der Waals surface area (Å²) in [6.07, 6.45) is -0.733. The monoisotopic (exact) mass is 283 g/mol. The number of rotatable bonds is 10. The molecule has 0 aliphatic rings. The molecule has 0 fully saturated rings. The summed E-state index contributed by atoms with van der Waals surface area (Å²) in [5, 5.41) is 17.2. The zero-order valence-electron chi connectivity index (χ0n) is 9.96. The molecule has 0 aromatic heterocycles. The summed E-state index contributed by atoms with van der Waals surface area (Å²) in [5.41, 5.74) is 0. The van der Waals surface area contributed by atoms with E-state index in [1.807, 2.05) is 4.72 Å². The van der Waals surface area contributed by atoms with E-state index in [0.29, 0.717) is 6.61 Å². The normalized spacial score (nSPS) is 13.2. The van der Waals surface area contributed by atoms with Gasteiger partial charge in [0, 0.05) is 13.0 Å². The van der Waals surface area contributed by atoms with Crippen molar-refractivity contribution in [3.05, 3.63) is 0 Å². The highest BCUT2D eigenvalue weighted by Gasteiger charge is 2.24. The molecule has 0 aromatic rings. The molecule has 0 amide bonds. The van der Waals surface area contributed by atoms with Crippen LogP contribution in [0.25, 0.3) is 0 Å². The summed E-state index contributed by atoms with van der Waals surface area (Å²) in [7, 11) is -3.79. The third-order valence-corrected chi connectivity index (χ3v) is 3.32. The van der Waals surface area contributed by atoms with Gasteiger partial charge < -0.3 is 14.9 Å². The summed E-state index contributed by atoms with van der Waals surface area (Å²) < 4.78 is 29.7. The Kier molecular flexibility index (Phi) is 7.48. The summed E-state index contributed by atoms with van der Waals surface area (Å²) in [5.74, 6) is -2.96. The van der Waals surface area contributed by atoms with Crippen LogP contribution in [0, 0.1) is 0 Å². The summed E-state index contributed by atoms with van der Waals surface area (Å²) in [4.78, 5) is 21.1. The Bertz CT molecular complexity index is 378. The molecule has 0 rings (SSSR count). The van der Waals surface area contributed by atoms with Crippen LogP contribution in [0.15, 0.2) is 0 Å². The van der Waals surface area contributed by atoms with Crippen LogP contribution in [0.5, 0.6) is 0 Å². The van der Waals surface area contributed by atoms with E-state index in [2.05, 4.69) is 0 Å². The SMILES string of the molecule is CCOCCS(=O)(=O)NC(CCC(=O)O)C(=O)O. The minimum absolute atomic E-state index is 0.0445. The second-order valence-electron chi connectivity index (χ2n) is 3.46. The first kappa shape index (κ1) is 16.8. The van der Waals surface area contributed by atoms with Gasteiger partial charge in [-0.25, -0.2) is 13.1 Å². The van der Waals surface area contributed by atoms with Crippen molar-refractivity contribution in [2.45, 2.75) is 25.8 Å². The van der Waals surface area contributed by atoms with E-state index in [9.17, 15) is 18.0 Å². The second-order valence-corrected chi connectivity index (χ2v) is 5.33. The maximum atomic E-state index is 11.5. The minimum atomic E-state index is -3.79. The van der Waals surface area contributed by atoms with E-state index < -0.39 is 34.4 Å². The molecule has 0 aliphatic heterocycles. The molecule has 0 saturated carbocycles. The minimum Gasteiger partial charge on any atom is -0.481 e. The molecule has 0 aliphatic carbocycles. The molecule has 106 valence electrons. The Morgan fingerprint density at radius 1 is 1.33 bits per heavy atom. The van der Waals surface area contributed by atoms with Crippen LogP contribution in [0.2, 0.25) is 0 Å². The lowest BCUT2D eigenvalue weighted by atomic mass is 10.2. The lowest BCUT2D eigenvalue weighted by molar-refractivity contribution is -0.140. The van der Waals surface area contributed by atoms with Crippen LogP contribution in [0.1, 0.15) is 19.8 Å². The zero-order valence-corrected chi connectivity index (χ0v) is 10.8. The van der Waals surface area contributed by atoms with Crippen LogP contribution in [-0.2, 0) is 24.3 Å². The first-order valence-corrected chi connectivity index (χ1v) is 6.96. The zero-order chi connectivity index (χ0) is 14.2. The fraction of sp³-hybridized carbons (Fsp3) is 0.778. The third-order valence-electron chi connectivity index (χ3n) is 1.97. The van der Waals surface area contributed by atoms with Crippen molar-refractivity contribution >= 4 is 22.0 Å². The maximum Gasteiger partial charge on any atom is 0.321 e. The van der Waals surface area contributed by atoms with Crippen LogP contribution in [0.3, 0.4) is 0 Å². The highest BCUT2D eigenvalue weighted by atomic mass is 32.2. The molecule has 9 heteroatoms. The number of hydrogen-bond acceptors (Lipinski definition) is 5. The highest BCUT2D eigenvalue weighted by Crippen LogP contribution is 2.01. The Morgan fingerprint density at radius 3 is 2.39 bits per heavy atom. The number of sulfonamides is 1. The van der Waals surface area contributed by atoms with Gasteiger partial charge in [0.2, 0.25) is 10.0 Å². The predicted molar refractivity (Wildman–Crippen MR) is 61.7 cm³/mol. The molecule has 18 heavy (non-hydrogen) atoms. The molecular weight excluding hydrogens is 266 g/mol. The molecule has 3 N–H and O–H groups in total. The van der Waals surface area contributed by atoms with Gasteiger partial charge in [-0.1, -0.05) is 0 Å². The van der Waals surface area contributed by atoms with Gasteiger partial charge in [0.1, 0.15) is 6.04 Å². The highest BCUT2D eigenvalue weighted by molar-refractivity contribution is 7.89. The number of ether oxygens (including phenoxy) is 1. The van der Waals surface area contributed by atoms with Crippen LogP contribution in [0.4, 0.5) is 0 Å². The maximum absolute atomic E-state index is 11.5. The van der Waals surface area contributed by atoms with E-state index in [0.717, 1.165) is 0 Å². The number of aliphatic carboxylic acids is 2. The number of carbonyl (C=O) groups is 2. The van der Waals surface area contributed by atoms with Crippen LogP contribution in [-0.4, -0.2) is 55.6 Å². The summed E-state index contributed by atoms with van der Waals surface area (Å²) in [6.45, 7) is 2.01. The average molecular weight is 283 g/mol.